The maximum absolute atomic E-state index is 14.3. The Balaban J connectivity index is 1.43. The summed E-state index contributed by atoms with van der Waals surface area (Å²) in [7, 11) is 3.74. The molecule has 1 aromatic heterocycles. The van der Waals surface area contributed by atoms with E-state index in [1.54, 1.807) is 0 Å². The fourth-order valence-corrected chi connectivity index (χ4v) is 7.56. The Morgan fingerprint density at radius 2 is 1.92 bits per heavy atom. The maximum Gasteiger partial charge on any atom is 0.282 e. The molecule has 0 N–H and O–H groups in total. The molecule has 4 heterocycles. The van der Waals surface area contributed by atoms with Gasteiger partial charge in [0.25, 0.3) is 5.91 Å². The molecule has 4 aromatic rings. The number of aromatic nitrogens is 2. The van der Waals surface area contributed by atoms with Gasteiger partial charge in [-0.1, -0.05) is 48.5 Å². The van der Waals surface area contributed by atoms with Gasteiger partial charge in [-0.25, -0.2) is 13.8 Å². The first-order valence-electron chi connectivity index (χ1n) is 16.1. The number of nitriles is 1. The summed E-state index contributed by atoms with van der Waals surface area (Å²) in [5.74, 6) is -0.114. The van der Waals surface area contributed by atoms with E-state index in [1.807, 2.05) is 59.1 Å². The van der Waals surface area contributed by atoms with E-state index < -0.39 is 30.0 Å². The molecule has 1 unspecified atom stereocenters. The van der Waals surface area contributed by atoms with Gasteiger partial charge >= 0.3 is 0 Å². The van der Waals surface area contributed by atoms with Crippen LogP contribution < -0.4 is 14.5 Å². The van der Waals surface area contributed by atoms with Crippen molar-refractivity contribution in [3.8, 4) is 22.9 Å². The van der Waals surface area contributed by atoms with Crippen molar-refractivity contribution in [2.45, 2.75) is 30.8 Å². The molecule has 0 saturated carbocycles. The minimum Gasteiger partial charge on any atom is -0.492 e. The van der Waals surface area contributed by atoms with Gasteiger partial charge < -0.3 is 19.4 Å². The molecule has 0 bridgehead atoms. The summed E-state index contributed by atoms with van der Waals surface area (Å²) in [4.78, 5) is 30.1. The third kappa shape index (κ3) is 5.28. The highest BCUT2D eigenvalue weighted by Crippen LogP contribution is 2.47. The molecule has 1 atom stereocenters. The first-order valence-corrected chi connectivity index (χ1v) is 16.5. The SMILES string of the molecule is C=C(F)C(=O)N1CCN(c2nc(N3CC(CF)(N(C)C)C3)nc3cc(-c4cccc5cccc(Cl)c45)c4c(c23)OCCC4)CC1CC#N. The van der Waals surface area contributed by atoms with Crippen LogP contribution in [-0.4, -0.2) is 97.4 Å². The van der Waals surface area contributed by atoms with Gasteiger partial charge in [-0.2, -0.15) is 10.2 Å². The fourth-order valence-electron chi connectivity index (χ4n) is 7.28. The van der Waals surface area contributed by atoms with Crippen molar-refractivity contribution in [1.29, 1.82) is 5.26 Å². The van der Waals surface area contributed by atoms with Crippen molar-refractivity contribution in [3.63, 3.8) is 0 Å². The van der Waals surface area contributed by atoms with Crippen LogP contribution in [0, 0.1) is 11.3 Å². The predicted octanol–water partition coefficient (Wildman–Crippen LogP) is 5.93. The minimum atomic E-state index is -1.06. The lowest BCUT2D eigenvalue weighted by Crippen LogP contribution is -2.70. The second-order valence-electron chi connectivity index (χ2n) is 13.0. The lowest BCUT2D eigenvalue weighted by atomic mass is 9.89. The lowest BCUT2D eigenvalue weighted by molar-refractivity contribution is -0.131. The molecule has 3 aliphatic rings. The topological polar surface area (TPSA) is 88.8 Å². The summed E-state index contributed by atoms with van der Waals surface area (Å²) in [5, 5.41) is 13.0. The molecule has 2 fully saturated rings. The highest BCUT2D eigenvalue weighted by atomic mass is 35.5. The zero-order chi connectivity index (χ0) is 33.7. The van der Waals surface area contributed by atoms with Crippen LogP contribution in [0.15, 0.2) is 54.9 Å². The van der Waals surface area contributed by atoms with Gasteiger partial charge in [0, 0.05) is 48.7 Å². The van der Waals surface area contributed by atoms with E-state index in [2.05, 4.69) is 24.8 Å². The molecule has 2 saturated heterocycles. The van der Waals surface area contributed by atoms with Gasteiger partial charge in [0.2, 0.25) is 5.95 Å². The van der Waals surface area contributed by atoms with Crippen molar-refractivity contribution in [1.82, 2.24) is 19.8 Å². The van der Waals surface area contributed by atoms with Gasteiger partial charge in [0.15, 0.2) is 5.83 Å². The molecule has 0 radical (unpaired) electrons. The van der Waals surface area contributed by atoms with Crippen LogP contribution >= 0.6 is 11.6 Å². The largest absolute Gasteiger partial charge is 0.492 e. The molecule has 48 heavy (non-hydrogen) atoms. The number of ether oxygens (including phenoxy) is 1. The monoisotopic (exact) mass is 671 g/mol. The number of nitrogens with zero attached hydrogens (tertiary/aromatic N) is 7. The predicted molar refractivity (Wildman–Crippen MR) is 184 cm³/mol. The molecule has 248 valence electrons. The molecule has 0 spiro atoms. The van der Waals surface area contributed by atoms with Crippen molar-refractivity contribution in [2.24, 2.45) is 0 Å². The number of benzene rings is 3. The van der Waals surface area contributed by atoms with Gasteiger partial charge in [0.1, 0.15) is 18.2 Å². The van der Waals surface area contributed by atoms with Crippen LogP contribution in [0.4, 0.5) is 20.5 Å². The Bertz CT molecular complexity index is 1990. The molecule has 3 aromatic carbocycles. The van der Waals surface area contributed by atoms with Crippen molar-refractivity contribution < 1.29 is 18.3 Å². The number of fused-ring (bicyclic) bond motifs is 4. The number of carbonyl (C=O) groups is 1. The van der Waals surface area contributed by atoms with E-state index in [0.717, 1.165) is 45.7 Å². The standard InChI is InChI=1S/C36H36ClF2N7O2/c1-22(39)34(47)46-15-14-44(18-24(46)12-13-40)33-31-29(41-35(42-33)45-20-36(19-38,21-45)43(2)3)17-27(26-10-6-16-48-32(26)31)25-9-4-7-23-8-5-11-28(37)30(23)25/h4-5,7-9,11,17,24H,1,6,10,12,14-16,18-21H2,2-3H3. The number of alkyl halides is 1. The number of rotatable bonds is 7. The first-order chi connectivity index (χ1) is 23.2. The average Bonchev–Trinajstić information content (AvgIpc) is 3.07. The first kappa shape index (κ1) is 32.0. The summed E-state index contributed by atoms with van der Waals surface area (Å²) < 4.78 is 34.7. The summed E-state index contributed by atoms with van der Waals surface area (Å²) in [6.07, 6.45) is 1.62. The van der Waals surface area contributed by atoms with Gasteiger partial charge in [0.05, 0.1) is 41.6 Å². The third-order valence-corrected chi connectivity index (χ3v) is 10.3. The minimum absolute atomic E-state index is 0.0139. The number of carbonyl (C=O) groups excluding carboxylic acids is 1. The van der Waals surface area contributed by atoms with E-state index in [0.29, 0.717) is 54.3 Å². The summed E-state index contributed by atoms with van der Waals surface area (Å²) in [6, 6.07) is 15.6. The summed E-state index contributed by atoms with van der Waals surface area (Å²) in [5.41, 5.74) is 3.00. The zero-order valence-corrected chi connectivity index (χ0v) is 27.7. The Kier molecular flexibility index (Phi) is 8.34. The Morgan fingerprint density at radius 3 is 2.62 bits per heavy atom. The molecule has 7 rings (SSSR count). The number of hydrogen-bond acceptors (Lipinski definition) is 8. The van der Waals surface area contributed by atoms with Crippen LogP contribution in [-0.2, 0) is 11.2 Å². The molecular weight excluding hydrogens is 636 g/mol. The van der Waals surface area contributed by atoms with E-state index in [-0.39, 0.29) is 19.5 Å². The molecule has 1 amide bonds. The average molecular weight is 672 g/mol. The lowest BCUT2D eigenvalue weighted by Gasteiger charge is -2.52. The third-order valence-electron chi connectivity index (χ3n) is 10.0. The van der Waals surface area contributed by atoms with Crippen molar-refractivity contribution in [2.75, 3.05) is 69.9 Å². The van der Waals surface area contributed by atoms with Gasteiger partial charge in [-0.15, -0.1) is 0 Å². The van der Waals surface area contributed by atoms with Gasteiger partial charge in [-0.3, -0.25) is 9.69 Å². The highest BCUT2D eigenvalue weighted by Gasteiger charge is 2.47. The number of likely N-dealkylation sites (N-methyl/N-ethyl adjacent to an activating group) is 1. The van der Waals surface area contributed by atoms with E-state index in [1.165, 1.54) is 4.90 Å². The van der Waals surface area contributed by atoms with E-state index in [9.17, 15) is 18.8 Å². The Labute approximate surface area is 282 Å². The zero-order valence-electron chi connectivity index (χ0n) is 27.0. The maximum atomic E-state index is 14.3. The smallest absolute Gasteiger partial charge is 0.282 e. The number of amides is 1. The molecule has 9 nitrogen and oxygen atoms in total. The number of halogens is 3. The quantitative estimate of drug-likeness (QED) is 0.224. The highest BCUT2D eigenvalue weighted by molar-refractivity contribution is 6.36. The normalized spacial score (nSPS) is 18.8. The molecule has 0 aliphatic carbocycles. The summed E-state index contributed by atoms with van der Waals surface area (Å²) >= 11 is 6.81. The van der Waals surface area contributed by atoms with Crippen molar-refractivity contribution in [3.05, 3.63) is 65.5 Å². The fraction of sp³-hybridized carbons (Fsp3) is 0.389. The second-order valence-corrected chi connectivity index (χ2v) is 13.4. The molecule has 12 heteroatoms. The van der Waals surface area contributed by atoms with Crippen LogP contribution in [0.25, 0.3) is 32.8 Å². The van der Waals surface area contributed by atoms with E-state index >= 15 is 0 Å². The van der Waals surface area contributed by atoms with Crippen LogP contribution in [0.5, 0.6) is 5.75 Å². The number of anilines is 2. The molecular formula is C36H36ClF2N7O2. The van der Waals surface area contributed by atoms with Gasteiger partial charge in [-0.05, 0) is 55.6 Å². The van der Waals surface area contributed by atoms with Crippen LogP contribution in [0.2, 0.25) is 5.02 Å². The number of hydrogen-bond donors (Lipinski definition) is 0. The van der Waals surface area contributed by atoms with Crippen LogP contribution in [0.1, 0.15) is 18.4 Å². The second kappa shape index (κ2) is 12.5. The summed E-state index contributed by atoms with van der Waals surface area (Å²) in [6.45, 7) is 4.80. The Morgan fingerprint density at radius 1 is 1.15 bits per heavy atom. The van der Waals surface area contributed by atoms with Crippen LogP contribution in [0.3, 0.4) is 0 Å². The Hall–Kier alpha value is -4.53. The van der Waals surface area contributed by atoms with E-state index in [4.69, 9.17) is 26.3 Å². The molecule has 3 aliphatic heterocycles. The number of piperazine rings is 1. The van der Waals surface area contributed by atoms with Crippen molar-refractivity contribution >= 4 is 50.9 Å².